The molecule has 7 heteroatoms. The van der Waals surface area contributed by atoms with E-state index in [1.165, 1.54) is 19.3 Å². The number of carbonyl (C=O) groups excluding carboxylic acids is 1. The maximum atomic E-state index is 12.3. The van der Waals surface area contributed by atoms with E-state index in [4.69, 9.17) is 15.2 Å². The Morgan fingerprint density at radius 2 is 1.78 bits per heavy atom. The molecule has 0 aliphatic heterocycles. The summed E-state index contributed by atoms with van der Waals surface area (Å²) in [6.07, 6.45) is 6.03. The van der Waals surface area contributed by atoms with Gasteiger partial charge in [0, 0.05) is 11.4 Å². The molecule has 1 aliphatic carbocycles. The zero-order chi connectivity index (χ0) is 22.5. The van der Waals surface area contributed by atoms with Gasteiger partial charge in [0.2, 0.25) is 5.95 Å². The number of nitrogens with one attached hydrogen (secondary N) is 1. The molecule has 0 unspecified atom stereocenters. The summed E-state index contributed by atoms with van der Waals surface area (Å²) in [5.74, 6) is 1.16. The number of rotatable bonds is 7. The van der Waals surface area contributed by atoms with Gasteiger partial charge >= 0.3 is 5.97 Å². The molecule has 0 saturated heterocycles. The number of ether oxygens (including phenoxy) is 2. The van der Waals surface area contributed by atoms with Crippen molar-refractivity contribution < 1.29 is 14.3 Å². The molecule has 0 amide bonds. The molecule has 0 bridgehead atoms. The molecule has 1 aromatic heterocycles. The predicted octanol–water partition coefficient (Wildman–Crippen LogP) is 5.20. The quantitative estimate of drug-likeness (QED) is 0.493. The van der Waals surface area contributed by atoms with E-state index in [1.54, 1.807) is 13.0 Å². The normalized spacial score (nSPS) is 14.3. The van der Waals surface area contributed by atoms with Gasteiger partial charge in [0.15, 0.2) is 0 Å². The summed E-state index contributed by atoms with van der Waals surface area (Å²) in [5.41, 5.74) is 9.12. The van der Waals surface area contributed by atoms with Gasteiger partial charge in [-0.3, -0.25) is 0 Å². The molecule has 0 radical (unpaired) electrons. The van der Waals surface area contributed by atoms with E-state index in [1.807, 2.05) is 31.2 Å². The first-order chi connectivity index (χ1) is 15.6. The SMILES string of the molecule is CCOC(=O)c1ccc(-c2ccc3nc(N)nc(NC4CCCCC4)c3c2)cc1OCC. The Hall–Kier alpha value is -3.35. The van der Waals surface area contributed by atoms with E-state index in [2.05, 4.69) is 21.4 Å². The molecule has 2 aromatic carbocycles. The van der Waals surface area contributed by atoms with Crippen molar-refractivity contribution in [3.05, 3.63) is 42.0 Å². The second kappa shape index (κ2) is 9.85. The Labute approximate surface area is 188 Å². The minimum Gasteiger partial charge on any atom is -0.493 e. The fourth-order valence-electron chi connectivity index (χ4n) is 4.23. The number of nitrogens with two attached hydrogens (primary N) is 1. The molecule has 1 saturated carbocycles. The van der Waals surface area contributed by atoms with Crippen molar-refractivity contribution in [2.45, 2.75) is 52.0 Å². The number of anilines is 2. The number of hydrogen-bond donors (Lipinski definition) is 2. The molecule has 3 N–H and O–H groups in total. The summed E-state index contributed by atoms with van der Waals surface area (Å²) >= 11 is 0. The van der Waals surface area contributed by atoms with Crippen LogP contribution in [0.5, 0.6) is 5.75 Å². The molecule has 1 fully saturated rings. The molecule has 1 aliphatic rings. The van der Waals surface area contributed by atoms with Crippen molar-refractivity contribution in [3.8, 4) is 16.9 Å². The Morgan fingerprint density at radius 1 is 1.03 bits per heavy atom. The van der Waals surface area contributed by atoms with E-state index in [0.29, 0.717) is 30.6 Å². The predicted molar refractivity (Wildman–Crippen MR) is 127 cm³/mol. The van der Waals surface area contributed by atoms with Crippen molar-refractivity contribution >= 4 is 28.6 Å². The molecule has 0 spiro atoms. The number of fused-ring (bicyclic) bond motifs is 1. The Bertz CT molecular complexity index is 1110. The van der Waals surface area contributed by atoms with E-state index in [9.17, 15) is 4.79 Å². The lowest BCUT2D eigenvalue weighted by Crippen LogP contribution is -2.23. The van der Waals surface area contributed by atoms with Crippen LogP contribution in [0.3, 0.4) is 0 Å². The van der Waals surface area contributed by atoms with E-state index in [0.717, 1.165) is 40.7 Å². The Balaban J connectivity index is 1.72. The number of hydrogen-bond acceptors (Lipinski definition) is 7. The number of carbonyl (C=O) groups is 1. The summed E-state index contributed by atoms with van der Waals surface area (Å²) in [6.45, 7) is 4.45. The average Bonchev–Trinajstić information content (AvgIpc) is 2.80. The topological polar surface area (TPSA) is 99.4 Å². The fourth-order valence-corrected chi connectivity index (χ4v) is 4.23. The van der Waals surface area contributed by atoms with Gasteiger partial charge in [0.05, 0.1) is 18.7 Å². The van der Waals surface area contributed by atoms with Crippen LogP contribution < -0.4 is 15.8 Å². The largest absolute Gasteiger partial charge is 0.493 e. The van der Waals surface area contributed by atoms with Crippen LogP contribution in [0.1, 0.15) is 56.3 Å². The van der Waals surface area contributed by atoms with Crippen molar-refractivity contribution in [1.29, 1.82) is 0 Å². The summed E-state index contributed by atoms with van der Waals surface area (Å²) in [7, 11) is 0. The van der Waals surface area contributed by atoms with Crippen molar-refractivity contribution in [2.75, 3.05) is 24.3 Å². The Morgan fingerprint density at radius 3 is 2.53 bits per heavy atom. The smallest absolute Gasteiger partial charge is 0.341 e. The van der Waals surface area contributed by atoms with Crippen LogP contribution in [0.25, 0.3) is 22.0 Å². The summed E-state index contributed by atoms with van der Waals surface area (Å²) in [5, 5.41) is 4.52. The molecule has 3 aromatic rings. The van der Waals surface area contributed by atoms with Crippen LogP contribution in [0.4, 0.5) is 11.8 Å². The zero-order valence-corrected chi connectivity index (χ0v) is 18.7. The second-order valence-electron chi connectivity index (χ2n) is 8.01. The van der Waals surface area contributed by atoms with Gasteiger partial charge in [-0.05, 0) is 62.1 Å². The van der Waals surface area contributed by atoms with Gasteiger partial charge in [-0.1, -0.05) is 31.4 Å². The third-order valence-corrected chi connectivity index (χ3v) is 5.77. The minimum atomic E-state index is -0.385. The monoisotopic (exact) mass is 434 g/mol. The molecule has 168 valence electrons. The minimum absolute atomic E-state index is 0.265. The lowest BCUT2D eigenvalue weighted by atomic mass is 9.95. The standard InChI is InChI=1S/C25H30N4O3/c1-3-31-22-15-17(10-12-19(22)24(30)32-4-2)16-11-13-21-20(14-16)23(29-25(26)28-21)27-18-8-6-5-7-9-18/h10-15,18H,3-9H2,1-2H3,(H3,26,27,28,29). The average molecular weight is 435 g/mol. The lowest BCUT2D eigenvalue weighted by Gasteiger charge is -2.24. The summed E-state index contributed by atoms with van der Waals surface area (Å²) in [4.78, 5) is 21.2. The number of nitrogens with zero attached hydrogens (tertiary/aromatic N) is 2. The van der Waals surface area contributed by atoms with Crippen LogP contribution in [-0.4, -0.2) is 35.2 Å². The third-order valence-electron chi connectivity index (χ3n) is 5.77. The highest BCUT2D eigenvalue weighted by Crippen LogP contribution is 2.33. The first-order valence-corrected chi connectivity index (χ1v) is 11.4. The van der Waals surface area contributed by atoms with Crippen LogP contribution in [0.15, 0.2) is 36.4 Å². The molecular formula is C25H30N4O3. The summed E-state index contributed by atoms with van der Waals surface area (Å²) in [6, 6.07) is 11.9. The van der Waals surface area contributed by atoms with E-state index >= 15 is 0 Å². The van der Waals surface area contributed by atoms with Crippen LogP contribution in [0.2, 0.25) is 0 Å². The third kappa shape index (κ3) is 4.77. The first kappa shape index (κ1) is 21.9. The highest BCUT2D eigenvalue weighted by Gasteiger charge is 2.18. The number of nitrogen functional groups attached to an aromatic ring is 1. The van der Waals surface area contributed by atoms with Crippen molar-refractivity contribution in [3.63, 3.8) is 0 Å². The van der Waals surface area contributed by atoms with E-state index in [-0.39, 0.29) is 11.9 Å². The highest BCUT2D eigenvalue weighted by molar-refractivity contribution is 5.95. The number of esters is 1. The van der Waals surface area contributed by atoms with Crippen molar-refractivity contribution in [1.82, 2.24) is 9.97 Å². The second-order valence-corrected chi connectivity index (χ2v) is 8.01. The molecule has 32 heavy (non-hydrogen) atoms. The first-order valence-electron chi connectivity index (χ1n) is 11.4. The van der Waals surface area contributed by atoms with Gasteiger partial charge in [-0.25, -0.2) is 9.78 Å². The van der Waals surface area contributed by atoms with Crippen molar-refractivity contribution in [2.24, 2.45) is 0 Å². The highest BCUT2D eigenvalue weighted by atomic mass is 16.5. The maximum Gasteiger partial charge on any atom is 0.341 e. The molecule has 4 rings (SSSR count). The van der Waals surface area contributed by atoms with Crippen LogP contribution in [0, 0.1) is 0 Å². The molecule has 7 nitrogen and oxygen atoms in total. The van der Waals surface area contributed by atoms with Gasteiger partial charge in [0.25, 0.3) is 0 Å². The van der Waals surface area contributed by atoms with E-state index < -0.39 is 0 Å². The van der Waals surface area contributed by atoms with Gasteiger partial charge < -0.3 is 20.5 Å². The Kier molecular flexibility index (Phi) is 6.73. The zero-order valence-electron chi connectivity index (χ0n) is 18.7. The maximum absolute atomic E-state index is 12.3. The lowest BCUT2D eigenvalue weighted by molar-refractivity contribution is 0.0522. The van der Waals surface area contributed by atoms with Gasteiger partial charge in [-0.2, -0.15) is 4.98 Å². The summed E-state index contributed by atoms with van der Waals surface area (Å²) < 4.78 is 10.9. The molecule has 0 atom stereocenters. The van der Waals surface area contributed by atoms with Crippen LogP contribution >= 0.6 is 0 Å². The fraction of sp³-hybridized carbons (Fsp3) is 0.400. The number of aromatic nitrogens is 2. The molecule has 1 heterocycles. The van der Waals surface area contributed by atoms with Gasteiger partial charge in [-0.15, -0.1) is 0 Å². The van der Waals surface area contributed by atoms with Crippen LogP contribution in [-0.2, 0) is 4.74 Å². The molecular weight excluding hydrogens is 404 g/mol. The van der Waals surface area contributed by atoms with Gasteiger partial charge in [0.1, 0.15) is 17.1 Å². The number of benzene rings is 2.